The number of nitrogen functional groups attached to an aromatic ring is 1. The van der Waals surface area contributed by atoms with Crippen molar-refractivity contribution >= 4 is 17.7 Å². The van der Waals surface area contributed by atoms with Crippen LogP contribution < -0.4 is 11.5 Å². The van der Waals surface area contributed by atoms with Gasteiger partial charge in [-0.15, -0.1) is 0 Å². The summed E-state index contributed by atoms with van der Waals surface area (Å²) in [4.78, 5) is 21.3. The monoisotopic (exact) mass is 419 g/mol. The third-order valence-corrected chi connectivity index (χ3v) is 4.24. The van der Waals surface area contributed by atoms with Crippen LogP contribution >= 0.6 is 0 Å². The van der Waals surface area contributed by atoms with Gasteiger partial charge in [0.25, 0.3) is 0 Å². The number of nitrogens with two attached hydrogens (primary N) is 2. The molecule has 2 rings (SSSR count). The molecule has 7 N–H and O–H groups in total. The summed E-state index contributed by atoms with van der Waals surface area (Å²) >= 11 is 0. The third-order valence-electron chi connectivity index (χ3n) is 4.24. The summed E-state index contributed by atoms with van der Waals surface area (Å²) in [5.41, 5.74) is 11.4. The number of rotatable bonds is 6. The number of benzene rings is 2. The Balaban J connectivity index is 0.000000510. The molecule has 0 saturated carbocycles. The zero-order valence-electron chi connectivity index (χ0n) is 17.9. The predicted octanol–water partition coefficient (Wildman–Crippen LogP) is 3.67. The van der Waals surface area contributed by atoms with Crippen LogP contribution in [0.25, 0.3) is 0 Å². The smallest absolute Gasteiger partial charge is 0.402 e. The number of aromatic hydroxyl groups is 1. The second kappa shape index (κ2) is 13.8. The highest BCUT2D eigenvalue weighted by molar-refractivity contribution is 5.87. The van der Waals surface area contributed by atoms with Gasteiger partial charge in [0.2, 0.25) is 0 Å². The highest BCUT2D eigenvalue weighted by Crippen LogP contribution is 2.30. The van der Waals surface area contributed by atoms with E-state index in [1.54, 1.807) is 18.2 Å². The average molecular weight is 420 g/mol. The number of carboxylic acid groups (broad SMARTS) is 2. The average Bonchev–Trinajstić information content (AvgIpc) is 2.62. The molecule has 1 amide bonds. The molecule has 0 heterocycles. The summed E-state index contributed by atoms with van der Waals surface area (Å²) in [5, 5.41) is 25.1. The van der Waals surface area contributed by atoms with E-state index in [-0.39, 0.29) is 5.56 Å². The van der Waals surface area contributed by atoms with Gasteiger partial charge < -0.3 is 31.7 Å². The zero-order valence-corrected chi connectivity index (χ0v) is 17.9. The van der Waals surface area contributed by atoms with Crippen molar-refractivity contribution < 1.29 is 24.9 Å². The molecule has 2 atom stereocenters. The molecule has 0 bridgehead atoms. The highest BCUT2D eigenvalue weighted by atomic mass is 16.4. The molecule has 2 aromatic carbocycles. The van der Waals surface area contributed by atoms with Crippen molar-refractivity contribution in [1.82, 2.24) is 4.90 Å². The summed E-state index contributed by atoms with van der Waals surface area (Å²) in [5.74, 6) is 0.560. The van der Waals surface area contributed by atoms with Crippen LogP contribution in [0.5, 0.6) is 5.75 Å². The number of aromatic carboxylic acids is 1. The molecule has 166 valence electrons. The number of anilines is 1. The van der Waals surface area contributed by atoms with E-state index < -0.39 is 12.1 Å². The second-order valence-corrected chi connectivity index (χ2v) is 7.11. The normalized spacial score (nSPS) is 11.9. The van der Waals surface area contributed by atoms with E-state index in [0.29, 0.717) is 23.3 Å². The predicted molar refractivity (Wildman–Crippen MR) is 119 cm³/mol. The molecule has 0 aliphatic rings. The number of primary amides is 1. The maximum absolute atomic E-state index is 10.3. The maximum Gasteiger partial charge on any atom is 0.402 e. The van der Waals surface area contributed by atoms with Crippen LogP contribution in [0.4, 0.5) is 10.5 Å². The number of phenolic OH excluding ortho intramolecular Hbond substituents is 1. The van der Waals surface area contributed by atoms with Crippen LogP contribution in [0, 0.1) is 5.92 Å². The summed E-state index contributed by atoms with van der Waals surface area (Å²) in [6.45, 7) is 5.56. The van der Waals surface area contributed by atoms with Crippen LogP contribution in [-0.2, 0) is 0 Å². The number of carboxylic acids is 1. The molecular weight excluding hydrogens is 386 g/mol. The second-order valence-electron chi connectivity index (χ2n) is 7.11. The molecule has 8 heteroatoms. The molecule has 30 heavy (non-hydrogen) atoms. The van der Waals surface area contributed by atoms with Crippen LogP contribution in [0.2, 0.25) is 0 Å². The lowest BCUT2D eigenvalue weighted by Gasteiger charge is -2.26. The van der Waals surface area contributed by atoms with E-state index >= 15 is 0 Å². The Bertz CT molecular complexity index is 775. The minimum atomic E-state index is -1.33. The van der Waals surface area contributed by atoms with Crippen molar-refractivity contribution in [3.05, 3.63) is 59.7 Å². The van der Waals surface area contributed by atoms with Crippen molar-refractivity contribution in [2.24, 2.45) is 11.7 Å². The summed E-state index contributed by atoms with van der Waals surface area (Å²) in [7, 11) is 4.21. The van der Waals surface area contributed by atoms with Crippen molar-refractivity contribution in [2.45, 2.75) is 26.2 Å². The third kappa shape index (κ3) is 11.6. The fraction of sp³-hybridized carbons (Fsp3) is 0.364. The zero-order chi connectivity index (χ0) is 23.3. The Hall–Kier alpha value is -3.26. The lowest BCUT2D eigenvalue weighted by atomic mass is 9.85. The van der Waals surface area contributed by atoms with Crippen LogP contribution in [0.1, 0.15) is 42.1 Å². The first-order chi connectivity index (χ1) is 14.0. The number of amides is 1. The SMILES string of the molecule is CC[C@@H](c1cccc(O)c1)[C@@H](C)CN(C)C.NC(=O)O.Nc1ccc(C(=O)O)cc1. The number of hydrogen-bond acceptors (Lipinski definition) is 5. The van der Waals surface area contributed by atoms with Crippen LogP contribution in [0.3, 0.4) is 0 Å². The maximum atomic E-state index is 10.3. The van der Waals surface area contributed by atoms with Gasteiger partial charge in [0.15, 0.2) is 0 Å². The van der Waals surface area contributed by atoms with Crippen molar-refractivity contribution in [3.8, 4) is 5.75 Å². The van der Waals surface area contributed by atoms with Gasteiger partial charge in [-0.2, -0.15) is 0 Å². The largest absolute Gasteiger partial charge is 0.508 e. The van der Waals surface area contributed by atoms with Crippen molar-refractivity contribution in [3.63, 3.8) is 0 Å². The van der Waals surface area contributed by atoms with Crippen molar-refractivity contribution in [2.75, 3.05) is 26.4 Å². The Kier molecular flexibility index (Phi) is 12.3. The van der Waals surface area contributed by atoms with Gasteiger partial charge in [-0.1, -0.05) is 26.0 Å². The van der Waals surface area contributed by atoms with Gasteiger partial charge in [0.05, 0.1) is 5.56 Å². The number of hydrogen-bond donors (Lipinski definition) is 5. The van der Waals surface area contributed by atoms with Crippen LogP contribution in [-0.4, -0.2) is 52.9 Å². The van der Waals surface area contributed by atoms with Gasteiger partial charge in [-0.05, 0) is 74.3 Å². The van der Waals surface area contributed by atoms with Gasteiger partial charge in [0, 0.05) is 12.2 Å². The molecule has 2 aromatic rings. The van der Waals surface area contributed by atoms with E-state index in [2.05, 4.69) is 44.6 Å². The first kappa shape index (κ1) is 26.7. The fourth-order valence-electron chi connectivity index (χ4n) is 3.05. The molecule has 0 aliphatic heterocycles. The lowest BCUT2D eigenvalue weighted by Crippen LogP contribution is -2.24. The molecule has 0 aliphatic carbocycles. The van der Waals surface area contributed by atoms with Crippen LogP contribution in [0.15, 0.2) is 48.5 Å². The molecule has 0 aromatic heterocycles. The Morgan fingerprint density at radius 3 is 2.00 bits per heavy atom. The number of phenols is 1. The van der Waals surface area contributed by atoms with E-state index in [4.69, 9.17) is 20.7 Å². The molecule has 0 saturated heterocycles. The Labute approximate surface area is 177 Å². The Morgan fingerprint density at radius 1 is 1.07 bits per heavy atom. The fourth-order valence-corrected chi connectivity index (χ4v) is 3.05. The topological polar surface area (TPSA) is 150 Å². The molecule has 0 unspecified atom stereocenters. The highest BCUT2D eigenvalue weighted by Gasteiger charge is 2.18. The molecule has 0 spiro atoms. The first-order valence-corrected chi connectivity index (χ1v) is 9.48. The lowest BCUT2D eigenvalue weighted by molar-refractivity contribution is 0.0697. The van der Waals surface area contributed by atoms with E-state index in [9.17, 15) is 9.90 Å². The van der Waals surface area contributed by atoms with E-state index in [0.717, 1.165) is 13.0 Å². The first-order valence-electron chi connectivity index (χ1n) is 9.48. The van der Waals surface area contributed by atoms with Gasteiger partial charge in [-0.3, -0.25) is 0 Å². The standard InChI is InChI=1S/C14H23NO.C7H7NO2.CH3NO2/c1-5-14(11(2)10-15(3)4)12-7-6-8-13(16)9-12;8-6-3-1-5(2-4-6)7(9)10;2-1(3)4/h6-9,11,14,16H,5,10H2,1-4H3;1-4H,8H2,(H,9,10);2H2,(H,3,4)/t11-,14+;;/m0../s1. The van der Waals surface area contributed by atoms with E-state index in [1.807, 2.05) is 12.1 Å². The molecule has 0 fully saturated rings. The van der Waals surface area contributed by atoms with E-state index in [1.165, 1.54) is 17.7 Å². The Morgan fingerprint density at radius 2 is 1.60 bits per heavy atom. The molecule has 0 radical (unpaired) electrons. The van der Waals surface area contributed by atoms with Gasteiger partial charge in [-0.25, -0.2) is 9.59 Å². The van der Waals surface area contributed by atoms with Gasteiger partial charge >= 0.3 is 12.1 Å². The summed E-state index contributed by atoms with van der Waals surface area (Å²) < 4.78 is 0. The van der Waals surface area contributed by atoms with Crippen molar-refractivity contribution in [1.29, 1.82) is 0 Å². The molecule has 8 nitrogen and oxygen atoms in total. The summed E-state index contributed by atoms with van der Waals surface area (Å²) in [6, 6.07) is 13.7. The summed E-state index contributed by atoms with van der Waals surface area (Å²) in [6.07, 6.45) is -0.224. The molecular formula is C22H33N3O5. The van der Waals surface area contributed by atoms with Gasteiger partial charge in [0.1, 0.15) is 5.75 Å². The number of nitrogens with zero attached hydrogens (tertiary/aromatic N) is 1. The minimum absolute atomic E-state index is 0.259. The number of carbonyl (C=O) groups is 2. The quantitative estimate of drug-likeness (QED) is 0.448. The minimum Gasteiger partial charge on any atom is -0.508 e.